The maximum Gasteiger partial charge on any atom is 0.223 e. The molecule has 0 saturated heterocycles. The van der Waals surface area contributed by atoms with E-state index in [-0.39, 0.29) is 5.92 Å². The highest BCUT2D eigenvalue weighted by Crippen LogP contribution is 2.30. The average Bonchev–Trinajstić information content (AvgIpc) is 2.47. The zero-order valence-electron chi connectivity index (χ0n) is 12.2. The van der Waals surface area contributed by atoms with Gasteiger partial charge in [0.15, 0.2) is 0 Å². The van der Waals surface area contributed by atoms with Crippen LogP contribution in [0.5, 0.6) is 0 Å². The Kier molecular flexibility index (Phi) is 6.15. The summed E-state index contributed by atoms with van der Waals surface area (Å²) in [5.74, 6) is 2.10. The number of hydrogen-bond donors (Lipinski definition) is 2. The van der Waals surface area contributed by atoms with E-state index in [0.29, 0.717) is 5.91 Å². The minimum absolute atomic E-state index is 0.276. The van der Waals surface area contributed by atoms with Gasteiger partial charge in [-0.2, -0.15) is 0 Å². The molecule has 3 heteroatoms. The van der Waals surface area contributed by atoms with E-state index in [4.69, 9.17) is 5.73 Å². The van der Waals surface area contributed by atoms with Crippen molar-refractivity contribution >= 4 is 5.91 Å². The molecule has 0 aliphatic heterocycles. The Labute approximate surface area is 117 Å². The molecule has 0 atom stereocenters. The Hall–Kier alpha value is -0.570. The average molecular weight is 266 g/mol. The molecule has 0 bridgehead atoms. The molecule has 2 rings (SSSR count). The lowest BCUT2D eigenvalue weighted by Gasteiger charge is -2.28. The number of amides is 1. The predicted molar refractivity (Wildman–Crippen MR) is 78.7 cm³/mol. The van der Waals surface area contributed by atoms with Crippen molar-refractivity contribution < 1.29 is 4.79 Å². The van der Waals surface area contributed by atoms with E-state index in [2.05, 4.69) is 5.32 Å². The lowest BCUT2D eigenvalue weighted by molar-refractivity contribution is -0.126. The molecule has 0 aromatic rings. The van der Waals surface area contributed by atoms with Crippen LogP contribution >= 0.6 is 0 Å². The molecule has 2 aliphatic carbocycles. The zero-order valence-corrected chi connectivity index (χ0v) is 12.2. The molecule has 0 spiro atoms. The van der Waals surface area contributed by atoms with Gasteiger partial charge in [0.25, 0.3) is 0 Å². The zero-order chi connectivity index (χ0) is 13.5. The molecule has 110 valence electrons. The standard InChI is InChI=1S/C16H30N2O/c17-11-10-13-6-8-15(9-7-13)16(19)18-12-14-4-2-1-3-5-14/h13-15H,1-12,17H2,(H,18,19). The Balaban J connectivity index is 1.63. The number of carbonyl (C=O) groups excluding carboxylic acids is 1. The van der Waals surface area contributed by atoms with Crippen molar-refractivity contribution in [3.63, 3.8) is 0 Å². The highest BCUT2D eigenvalue weighted by Gasteiger charge is 2.26. The van der Waals surface area contributed by atoms with Crippen LogP contribution in [0.1, 0.15) is 64.2 Å². The van der Waals surface area contributed by atoms with Gasteiger partial charge in [-0.05, 0) is 63.3 Å². The number of nitrogens with one attached hydrogen (secondary N) is 1. The summed E-state index contributed by atoms with van der Waals surface area (Å²) in [5.41, 5.74) is 5.60. The highest BCUT2D eigenvalue weighted by molar-refractivity contribution is 5.78. The van der Waals surface area contributed by atoms with Crippen LogP contribution in [0, 0.1) is 17.8 Å². The van der Waals surface area contributed by atoms with Crippen LogP contribution < -0.4 is 11.1 Å². The maximum atomic E-state index is 12.2. The van der Waals surface area contributed by atoms with Crippen LogP contribution in [0.3, 0.4) is 0 Å². The van der Waals surface area contributed by atoms with Crippen LogP contribution in [-0.2, 0) is 4.79 Å². The molecule has 0 heterocycles. The van der Waals surface area contributed by atoms with Gasteiger partial charge in [0.05, 0.1) is 0 Å². The van der Waals surface area contributed by atoms with E-state index in [1.54, 1.807) is 0 Å². The first-order valence-electron chi connectivity index (χ1n) is 8.27. The van der Waals surface area contributed by atoms with Gasteiger partial charge in [-0.1, -0.05) is 19.3 Å². The first kappa shape index (κ1) is 14.8. The third kappa shape index (κ3) is 4.79. The van der Waals surface area contributed by atoms with Gasteiger partial charge in [0, 0.05) is 12.5 Å². The van der Waals surface area contributed by atoms with E-state index < -0.39 is 0 Å². The Morgan fingerprint density at radius 2 is 1.63 bits per heavy atom. The van der Waals surface area contributed by atoms with Crippen LogP contribution in [0.4, 0.5) is 0 Å². The number of nitrogens with two attached hydrogens (primary N) is 1. The van der Waals surface area contributed by atoms with Crippen molar-refractivity contribution in [1.29, 1.82) is 0 Å². The monoisotopic (exact) mass is 266 g/mol. The minimum atomic E-state index is 0.276. The Morgan fingerprint density at radius 3 is 2.26 bits per heavy atom. The molecule has 0 aromatic carbocycles. The summed E-state index contributed by atoms with van der Waals surface area (Å²) in [5, 5.41) is 3.21. The minimum Gasteiger partial charge on any atom is -0.356 e. The normalized spacial score (nSPS) is 29.1. The molecule has 0 radical (unpaired) electrons. The fraction of sp³-hybridized carbons (Fsp3) is 0.938. The van der Waals surface area contributed by atoms with E-state index in [1.165, 1.54) is 44.9 Å². The lowest BCUT2D eigenvalue weighted by atomic mass is 9.80. The summed E-state index contributed by atoms with van der Waals surface area (Å²) < 4.78 is 0. The maximum absolute atomic E-state index is 12.2. The summed E-state index contributed by atoms with van der Waals surface area (Å²) in [4.78, 5) is 12.2. The van der Waals surface area contributed by atoms with Crippen molar-refractivity contribution in [2.75, 3.05) is 13.1 Å². The van der Waals surface area contributed by atoms with Crippen LogP contribution in [0.2, 0.25) is 0 Å². The van der Waals surface area contributed by atoms with Gasteiger partial charge in [0.1, 0.15) is 0 Å². The second kappa shape index (κ2) is 7.88. The summed E-state index contributed by atoms with van der Waals surface area (Å²) >= 11 is 0. The first-order chi connectivity index (χ1) is 9.29. The molecule has 0 unspecified atom stereocenters. The number of carbonyl (C=O) groups is 1. The summed E-state index contributed by atoms with van der Waals surface area (Å²) in [6.45, 7) is 1.71. The summed E-state index contributed by atoms with van der Waals surface area (Å²) in [6.07, 6.45) is 12.4. The molecule has 2 aliphatic rings. The van der Waals surface area contributed by atoms with Crippen LogP contribution in [0.15, 0.2) is 0 Å². The SMILES string of the molecule is NCCC1CCC(C(=O)NCC2CCCCC2)CC1. The Morgan fingerprint density at radius 1 is 0.947 bits per heavy atom. The second-order valence-corrected chi connectivity index (χ2v) is 6.54. The predicted octanol–water partition coefficient (Wildman–Crippen LogP) is 2.84. The Bertz CT molecular complexity index is 266. The van der Waals surface area contributed by atoms with Gasteiger partial charge in [-0.3, -0.25) is 4.79 Å². The van der Waals surface area contributed by atoms with E-state index >= 15 is 0 Å². The smallest absolute Gasteiger partial charge is 0.223 e. The molecule has 19 heavy (non-hydrogen) atoms. The topological polar surface area (TPSA) is 55.1 Å². The third-order valence-electron chi connectivity index (χ3n) is 5.08. The third-order valence-corrected chi connectivity index (χ3v) is 5.08. The molecule has 2 saturated carbocycles. The summed E-state index contributed by atoms with van der Waals surface area (Å²) in [7, 11) is 0. The van der Waals surface area contributed by atoms with Gasteiger partial charge >= 0.3 is 0 Å². The van der Waals surface area contributed by atoms with Gasteiger partial charge in [-0.25, -0.2) is 0 Å². The lowest BCUT2D eigenvalue weighted by Crippen LogP contribution is -2.36. The van der Waals surface area contributed by atoms with Crippen molar-refractivity contribution in [3.05, 3.63) is 0 Å². The quantitative estimate of drug-likeness (QED) is 0.804. The fourth-order valence-corrected chi connectivity index (χ4v) is 3.73. The molecule has 1 amide bonds. The molecule has 2 fully saturated rings. The largest absolute Gasteiger partial charge is 0.356 e. The van der Waals surface area contributed by atoms with E-state index in [0.717, 1.165) is 44.2 Å². The van der Waals surface area contributed by atoms with Crippen molar-refractivity contribution in [1.82, 2.24) is 5.32 Å². The molecule has 3 N–H and O–H groups in total. The number of hydrogen-bond acceptors (Lipinski definition) is 2. The molecule has 0 aromatic heterocycles. The van der Waals surface area contributed by atoms with Gasteiger partial charge in [0.2, 0.25) is 5.91 Å². The highest BCUT2D eigenvalue weighted by atomic mass is 16.1. The molecular weight excluding hydrogens is 236 g/mol. The van der Waals surface area contributed by atoms with Gasteiger partial charge in [-0.15, -0.1) is 0 Å². The van der Waals surface area contributed by atoms with Crippen LogP contribution in [-0.4, -0.2) is 19.0 Å². The van der Waals surface area contributed by atoms with Crippen molar-refractivity contribution in [2.45, 2.75) is 64.2 Å². The van der Waals surface area contributed by atoms with E-state index in [9.17, 15) is 4.79 Å². The molecule has 3 nitrogen and oxygen atoms in total. The fourth-order valence-electron chi connectivity index (χ4n) is 3.73. The van der Waals surface area contributed by atoms with Crippen LogP contribution in [0.25, 0.3) is 0 Å². The van der Waals surface area contributed by atoms with E-state index in [1.807, 2.05) is 0 Å². The second-order valence-electron chi connectivity index (χ2n) is 6.54. The van der Waals surface area contributed by atoms with Gasteiger partial charge < -0.3 is 11.1 Å². The number of rotatable bonds is 5. The van der Waals surface area contributed by atoms with Crippen molar-refractivity contribution in [2.24, 2.45) is 23.5 Å². The first-order valence-corrected chi connectivity index (χ1v) is 8.27. The molecular formula is C16H30N2O. The van der Waals surface area contributed by atoms with Crippen molar-refractivity contribution in [3.8, 4) is 0 Å². The summed E-state index contributed by atoms with van der Waals surface area (Å²) in [6, 6.07) is 0.